The lowest BCUT2D eigenvalue weighted by molar-refractivity contribution is -0.191. The van der Waals surface area contributed by atoms with E-state index in [1.54, 1.807) is 6.92 Å². The van der Waals surface area contributed by atoms with Gasteiger partial charge in [-0.1, -0.05) is 31.2 Å². The molecule has 1 amide bonds. The van der Waals surface area contributed by atoms with Crippen molar-refractivity contribution in [2.45, 2.75) is 39.0 Å². The molecule has 0 unspecified atom stereocenters. The van der Waals surface area contributed by atoms with E-state index in [9.17, 15) is 18.4 Å². The van der Waals surface area contributed by atoms with Crippen molar-refractivity contribution in [3.63, 3.8) is 0 Å². The number of Topliss-reactive ketones (excluding diaryl/α,β-unsaturated/α-hetero) is 1. The van der Waals surface area contributed by atoms with Gasteiger partial charge in [0, 0.05) is 30.9 Å². The van der Waals surface area contributed by atoms with Gasteiger partial charge < -0.3 is 5.32 Å². The van der Waals surface area contributed by atoms with Gasteiger partial charge in [-0.05, 0) is 42.2 Å². The molecule has 2 aromatic carbocycles. The number of hydrogen-bond donors (Lipinski definition) is 1. The van der Waals surface area contributed by atoms with Gasteiger partial charge in [0.1, 0.15) is 17.4 Å². The molecule has 1 aliphatic rings. The van der Waals surface area contributed by atoms with Crippen molar-refractivity contribution < 1.29 is 28.0 Å². The summed E-state index contributed by atoms with van der Waals surface area (Å²) in [4.78, 5) is 41.0. The van der Waals surface area contributed by atoms with Crippen LogP contribution in [0.15, 0.2) is 36.4 Å². The maximum Gasteiger partial charge on any atom is 0.373 e. The van der Waals surface area contributed by atoms with E-state index >= 15 is 0 Å². The summed E-state index contributed by atoms with van der Waals surface area (Å²) in [5, 5.41) is 2.65. The molecular weight excluding hydrogens is 392 g/mol. The van der Waals surface area contributed by atoms with E-state index in [0.717, 1.165) is 12.0 Å². The summed E-state index contributed by atoms with van der Waals surface area (Å²) in [7, 11) is 0. The molecule has 0 bridgehead atoms. The Morgan fingerprint density at radius 1 is 1.10 bits per heavy atom. The number of ketones is 1. The fraction of sp³-hybridized carbons (Fsp3) is 0.348. The number of carbonyl (C=O) groups excluding carboxylic acids is 4. The van der Waals surface area contributed by atoms with Crippen LogP contribution in [0.4, 0.5) is 8.78 Å². The first-order valence-corrected chi connectivity index (χ1v) is 9.62. The molecule has 1 saturated heterocycles. The Kier molecular flexibility index (Phi) is 8.13. The van der Waals surface area contributed by atoms with Gasteiger partial charge in [-0.3, -0.25) is 9.59 Å². The molecule has 30 heavy (non-hydrogen) atoms. The zero-order valence-corrected chi connectivity index (χ0v) is 16.8. The SMILES string of the molecule is CCc1ccc(CC(=O)C[C@@H]2C(=O)NC[C@H]2c2c(F)cc(C)cc2F)cc1.O=C=O. The lowest BCUT2D eigenvalue weighted by Crippen LogP contribution is -2.23. The first-order valence-electron chi connectivity index (χ1n) is 9.62. The lowest BCUT2D eigenvalue weighted by Gasteiger charge is -2.18. The van der Waals surface area contributed by atoms with E-state index in [-0.39, 0.29) is 42.8 Å². The first-order chi connectivity index (χ1) is 14.3. The molecule has 1 N–H and O–H groups in total. The van der Waals surface area contributed by atoms with Crippen LogP contribution in [0.3, 0.4) is 0 Å². The Labute approximate surface area is 173 Å². The quantitative estimate of drug-likeness (QED) is 0.785. The molecule has 2 atom stereocenters. The van der Waals surface area contributed by atoms with Gasteiger partial charge in [-0.25, -0.2) is 8.78 Å². The summed E-state index contributed by atoms with van der Waals surface area (Å²) in [6.07, 6.45) is 1.35. The molecule has 0 saturated carbocycles. The van der Waals surface area contributed by atoms with Gasteiger partial charge in [0.25, 0.3) is 0 Å². The largest absolute Gasteiger partial charge is 0.373 e. The second-order valence-electron chi connectivity index (χ2n) is 7.27. The van der Waals surface area contributed by atoms with Crippen LogP contribution in [0, 0.1) is 24.5 Å². The summed E-state index contributed by atoms with van der Waals surface area (Å²) in [6, 6.07) is 10.3. The fourth-order valence-electron chi connectivity index (χ4n) is 3.71. The Hall–Kier alpha value is -3.18. The number of hydrogen-bond acceptors (Lipinski definition) is 4. The van der Waals surface area contributed by atoms with Gasteiger partial charge in [-0.15, -0.1) is 0 Å². The molecule has 0 radical (unpaired) electrons. The molecule has 158 valence electrons. The molecule has 0 spiro atoms. The summed E-state index contributed by atoms with van der Waals surface area (Å²) in [5.74, 6) is -3.19. The molecule has 5 nitrogen and oxygen atoms in total. The minimum atomic E-state index is -0.751. The average molecular weight is 415 g/mol. The predicted octanol–water partition coefficient (Wildman–Crippen LogP) is 3.28. The van der Waals surface area contributed by atoms with E-state index in [1.807, 2.05) is 24.3 Å². The zero-order valence-electron chi connectivity index (χ0n) is 16.8. The Morgan fingerprint density at radius 2 is 1.63 bits per heavy atom. The molecule has 1 heterocycles. The van der Waals surface area contributed by atoms with Gasteiger partial charge >= 0.3 is 6.15 Å². The number of carbonyl (C=O) groups is 2. The van der Waals surface area contributed by atoms with Gasteiger partial charge in [0.2, 0.25) is 5.91 Å². The van der Waals surface area contributed by atoms with Crippen LogP contribution >= 0.6 is 0 Å². The van der Waals surface area contributed by atoms with Crippen molar-refractivity contribution in [1.29, 1.82) is 0 Å². The van der Waals surface area contributed by atoms with Gasteiger partial charge in [0.05, 0.1) is 5.92 Å². The maximum atomic E-state index is 14.4. The molecule has 1 fully saturated rings. The molecule has 7 heteroatoms. The second-order valence-corrected chi connectivity index (χ2v) is 7.27. The molecule has 0 aromatic heterocycles. The average Bonchev–Trinajstić information content (AvgIpc) is 3.02. The van der Waals surface area contributed by atoms with Crippen LogP contribution < -0.4 is 5.32 Å². The standard InChI is InChI=1S/C22H23F2NO2.CO2/c1-3-14-4-6-15(7-5-14)10-16(26)11-17-18(12-25-22(17)27)21-19(23)8-13(2)9-20(21)24;2-1-3/h4-9,17-18H,3,10-12H2,1-2H3,(H,25,27);/t17-,18+;/m0./s1. The fourth-order valence-corrected chi connectivity index (χ4v) is 3.71. The van der Waals surface area contributed by atoms with Gasteiger partial charge in [-0.2, -0.15) is 9.59 Å². The van der Waals surface area contributed by atoms with Crippen molar-refractivity contribution in [3.05, 3.63) is 70.3 Å². The van der Waals surface area contributed by atoms with Crippen LogP contribution in [0.25, 0.3) is 0 Å². The second kappa shape index (κ2) is 10.6. The first kappa shape index (κ1) is 23.1. The minimum absolute atomic E-state index is 0.0290. The van der Waals surface area contributed by atoms with Crippen LogP contribution in [-0.4, -0.2) is 24.4 Å². The Bertz CT molecular complexity index is 927. The van der Waals surface area contributed by atoms with Crippen molar-refractivity contribution in [2.75, 3.05) is 6.54 Å². The van der Waals surface area contributed by atoms with E-state index in [0.29, 0.717) is 5.56 Å². The topological polar surface area (TPSA) is 80.3 Å². The maximum absolute atomic E-state index is 14.4. The van der Waals surface area contributed by atoms with Crippen LogP contribution in [0.5, 0.6) is 0 Å². The Morgan fingerprint density at radius 3 is 2.17 bits per heavy atom. The summed E-state index contributed by atoms with van der Waals surface area (Å²) >= 11 is 0. The van der Waals surface area contributed by atoms with Crippen molar-refractivity contribution in [3.8, 4) is 0 Å². The van der Waals surface area contributed by atoms with E-state index < -0.39 is 23.5 Å². The van der Waals surface area contributed by atoms with Crippen molar-refractivity contribution >= 4 is 17.8 Å². The summed E-state index contributed by atoms with van der Waals surface area (Å²) in [6.45, 7) is 3.81. The molecule has 2 aromatic rings. The summed E-state index contributed by atoms with van der Waals surface area (Å²) in [5.41, 5.74) is 2.44. The van der Waals surface area contributed by atoms with Crippen LogP contribution in [0.1, 0.15) is 41.5 Å². The number of nitrogens with one attached hydrogen (secondary N) is 1. The number of rotatable bonds is 6. The van der Waals surface area contributed by atoms with Crippen LogP contribution in [0.2, 0.25) is 0 Å². The molecule has 3 rings (SSSR count). The number of benzene rings is 2. The molecule has 1 aliphatic heterocycles. The zero-order chi connectivity index (χ0) is 22.3. The monoisotopic (exact) mass is 415 g/mol. The Balaban J connectivity index is 0.00000101. The highest BCUT2D eigenvalue weighted by Crippen LogP contribution is 2.35. The highest BCUT2D eigenvalue weighted by Gasteiger charge is 2.39. The van der Waals surface area contributed by atoms with E-state index in [1.165, 1.54) is 17.7 Å². The normalized spacial score (nSPS) is 17.5. The van der Waals surface area contributed by atoms with Crippen LogP contribution in [-0.2, 0) is 32.0 Å². The van der Waals surface area contributed by atoms with Gasteiger partial charge in [0.15, 0.2) is 0 Å². The highest BCUT2D eigenvalue weighted by atomic mass is 19.1. The number of amides is 1. The number of halogens is 2. The van der Waals surface area contributed by atoms with Crippen molar-refractivity contribution in [2.24, 2.45) is 5.92 Å². The van der Waals surface area contributed by atoms with E-state index in [4.69, 9.17) is 9.59 Å². The smallest absolute Gasteiger partial charge is 0.355 e. The third-order valence-corrected chi connectivity index (χ3v) is 5.19. The molecule has 0 aliphatic carbocycles. The molecular formula is C23H23F2NO4. The number of aryl methyl sites for hydroxylation is 2. The third kappa shape index (κ3) is 5.67. The van der Waals surface area contributed by atoms with Crippen molar-refractivity contribution in [1.82, 2.24) is 5.32 Å². The predicted molar refractivity (Wildman–Crippen MR) is 104 cm³/mol. The van der Waals surface area contributed by atoms with E-state index in [2.05, 4.69) is 12.2 Å². The lowest BCUT2D eigenvalue weighted by atomic mass is 9.83. The summed E-state index contributed by atoms with van der Waals surface area (Å²) < 4.78 is 28.7. The highest BCUT2D eigenvalue weighted by molar-refractivity contribution is 5.90. The minimum Gasteiger partial charge on any atom is -0.355 e. The third-order valence-electron chi connectivity index (χ3n) is 5.19.